The van der Waals surface area contributed by atoms with Gasteiger partial charge in [-0.1, -0.05) is 54.3 Å². The zero-order valence-electron chi connectivity index (χ0n) is 16.2. The number of aromatic hydroxyl groups is 1. The average molecular weight is 379 g/mol. The Labute approximate surface area is 170 Å². The first-order chi connectivity index (χ1) is 14.2. The van der Waals surface area contributed by atoms with Crippen LogP contribution in [0, 0.1) is 11.8 Å². The van der Waals surface area contributed by atoms with Crippen LogP contribution in [0.4, 0.5) is 0 Å². The van der Waals surface area contributed by atoms with Gasteiger partial charge >= 0.3 is 0 Å². The summed E-state index contributed by atoms with van der Waals surface area (Å²) in [4.78, 5) is 4.50. The van der Waals surface area contributed by atoms with Gasteiger partial charge in [-0.2, -0.15) is 0 Å². The molecule has 4 rings (SSSR count). The Morgan fingerprint density at radius 3 is 2.59 bits per heavy atom. The highest BCUT2D eigenvalue weighted by Gasteiger charge is 2.09. The largest absolute Gasteiger partial charge is 0.507 e. The molecule has 3 aromatic carbocycles. The van der Waals surface area contributed by atoms with Crippen molar-refractivity contribution in [3.8, 4) is 23.3 Å². The second-order valence-electron chi connectivity index (χ2n) is 6.86. The molecular weight excluding hydrogens is 358 g/mol. The summed E-state index contributed by atoms with van der Waals surface area (Å²) in [6.07, 6.45) is 3.02. The predicted molar refractivity (Wildman–Crippen MR) is 116 cm³/mol. The van der Waals surface area contributed by atoms with Gasteiger partial charge in [0.1, 0.15) is 11.5 Å². The summed E-state index contributed by atoms with van der Waals surface area (Å²) in [6, 6.07) is 23.7. The highest BCUT2D eigenvalue weighted by molar-refractivity contribution is 5.87. The lowest BCUT2D eigenvalue weighted by Gasteiger charge is -2.08. The molecule has 1 aromatic heterocycles. The summed E-state index contributed by atoms with van der Waals surface area (Å²) in [5.74, 6) is 7.49. The van der Waals surface area contributed by atoms with Gasteiger partial charge in [0, 0.05) is 35.6 Å². The molecular formula is C26H21NO2. The van der Waals surface area contributed by atoms with Crippen molar-refractivity contribution in [3.05, 3.63) is 101 Å². The molecule has 29 heavy (non-hydrogen) atoms. The van der Waals surface area contributed by atoms with Crippen molar-refractivity contribution in [1.29, 1.82) is 0 Å². The molecule has 0 aliphatic carbocycles. The first kappa shape index (κ1) is 18.6. The highest BCUT2D eigenvalue weighted by Crippen LogP contribution is 2.29. The molecule has 0 fully saturated rings. The Morgan fingerprint density at radius 1 is 0.931 bits per heavy atom. The van der Waals surface area contributed by atoms with E-state index in [0.29, 0.717) is 12.8 Å². The Kier molecular flexibility index (Phi) is 5.45. The summed E-state index contributed by atoms with van der Waals surface area (Å²) in [5.41, 5.74) is 4.67. The number of rotatable bonds is 4. The average Bonchev–Trinajstić information content (AvgIpc) is 2.77. The number of hydrogen-bond donors (Lipinski definition) is 1. The SMILES string of the molecule is COc1cccc(CC#Cc2ccc3ncc(Cc4ccccc4)c(O)c3c2)c1. The fourth-order valence-electron chi connectivity index (χ4n) is 3.27. The van der Waals surface area contributed by atoms with Crippen molar-refractivity contribution < 1.29 is 9.84 Å². The monoisotopic (exact) mass is 379 g/mol. The van der Waals surface area contributed by atoms with E-state index < -0.39 is 0 Å². The molecule has 1 heterocycles. The number of pyridine rings is 1. The topological polar surface area (TPSA) is 42.4 Å². The Morgan fingerprint density at radius 2 is 1.76 bits per heavy atom. The van der Waals surface area contributed by atoms with Crippen LogP contribution in [0.3, 0.4) is 0 Å². The third-order valence-corrected chi connectivity index (χ3v) is 4.81. The first-order valence-electron chi connectivity index (χ1n) is 9.49. The fraction of sp³-hybridized carbons (Fsp3) is 0.115. The summed E-state index contributed by atoms with van der Waals surface area (Å²) < 4.78 is 5.25. The van der Waals surface area contributed by atoms with Crippen molar-refractivity contribution in [2.45, 2.75) is 12.8 Å². The maximum Gasteiger partial charge on any atom is 0.130 e. The fourth-order valence-corrected chi connectivity index (χ4v) is 3.27. The van der Waals surface area contributed by atoms with Crippen molar-refractivity contribution in [2.24, 2.45) is 0 Å². The quantitative estimate of drug-likeness (QED) is 0.500. The number of methoxy groups -OCH3 is 1. The lowest BCUT2D eigenvalue weighted by Crippen LogP contribution is -1.92. The van der Waals surface area contributed by atoms with Crippen LogP contribution in [0.2, 0.25) is 0 Å². The number of benzene rings is 3. The smallest absolute Gasteiger partial charge is 0.130 e. The van der Waals surface area contributed by atoms with E-state index in [1.54, 1.807) is 13.3 Å². The van der Waals surface area contributed by atoms with Crippen LogP contribution in [0.25, 0.3) is 10.9 Å². The molecule has 0 aliphatic rings. The van der Waals surface area contributed by atoms with Gasteiger partial charge in [-0.3, -0.25) is 4.98 Å². The molecule has 0 aliphatic heterocycles. The van der Waals surface area contributed by atoms with Gasteiger partial charge in [-0.15, -0.1) is 0 Å². The molecule has 0 bridgehead atoms. The van der Waals surface area contributed by atoms with Gasteiger partial charge in [0.15, 0.2) is 0 Å². The Balaban J connectivity index is 1.59. The normalized spacial score (nSPS) is 10.4. The number of aromatic nitrogens is 1. The van der Waals surface area contributed by atoms with Crippen molar-refractivity contribution in [2.75, 3.05) is 7.11 Å². The van der Waals surface area contributed by atoms with Gasteiger partial charge < -0.3 is 9.84 Å². The van der Waals surface area contributed by atoms with Gasteiger partial charge in [-0.05, 0) is 41.5 Å². The Hall–Kier alpha value is -3.77. The highest BCUT2D eigenvalue weighted by atomic mass is 16.5. The van der Waals surface area contributed by atoms with Crippen LogP contribution in [-0.4, -0.2) is 17.2 Å². The van der Waals surface area contributed by atoms with Crippen LogP contribution in [-0.2, 0) is 12.8 Å². The lowest BCUT2D eigenvalue weighted by molar-refractivity contribution is 0.414. The summed E-state index contributed by atoms with van der Waals surface area (Å²) in [7, 11) is 1.66. The summed E-state index contributed by atoms with van der Waals surface area (Å²) in [5, 5.41) is 11.5. The van der Waals surface area contributed by atoms with E-state index in [1.807, 2.05) is 72.8 Å². The van der Waals surface area contributed by atoms with Crippen molar-refractivity contribution in [3.63, 3.8) is 0 Å². The van der Waals surface area contributed by atoms with Crippen LogP contribution in [0.15, 0.2) is 79.0 Å². The van der Waals surface area contributed by atoms with Crippen molar-refractivity contribution in [1.82, 2.24) is 4.98 Å². The number of ether oxygens (including phenoxy) is 1. The minimum absolute atomic E-state index is 0.273. The van der Waals surface area contributed by atoms with E-state index in [2.05, 4.69) is 16.8 Å². The van der Waals surface area contributed by atoms with Crippen LogP contribution in [0.5, 0.6) is 11.5 Å². The minimum atomic E-state index is 0.273. The van der Waals surface area contributed by atoms with E-state index in [1.165, 1.54) is 0 Å². The Bertz CT molecular complexity index is 1200. The van der Waals surface area contributed by atoms with Gasteiger partial charge in [0.05, 0.1) is 12.6 Å². The molecule has 0 saturated carbocycles. The van der Waals surface area contributed by atoms with Crippen LogP contribution >= 0.6 is 0 Å². The predicted octanol–water partition coefficient (Wildman–Crippen LogP) is 5.13. The zero-order valence-corrected chi connectivity index (χ0v) is 16.2. The van der Waals surface area contributed by atoms with E-state index in [-0.39, 0.29) is 5.75 Å². The van der Waals surface area contributed by atoms with E-state index in [0.717, 1.165) is 38.9 Å². The molecule has 0 amide bonds. The maximum absolute atomic E-state index is 10.8. The molecule has 0 radical (unpaired) electrons. The second kappa shape index (κ2) is 8.50. The van der Waals surface area contributed by atoms with Gasteiger partial charge in [-0.25, -0.2) is 0 Å². The molecule has 0 spiro atoms. The van der Waals surface area contributed by atoms with Crippen LogP contribution in [0.1, 0.15) is 22.3 Å². The van der Waals surface area contributed by atoms with Crippen LogP contribution < -0.4 is 4.74 Å². The summed E-state index contributed by atoms with van der Waals surface area (Å²) >= 11 is 0. The summed E-state index contributed by atoms with van der Waals surface area (Å²) in [6.45, 7) is 0. The van der Waals surface area contributed by atoms with Gasteiger partial charge in [0.25, 0.3) is 0 Å². The molecule has 3 heteroatoms. The number of nitrogens with zero attached hydrogens (tertiary/aromatic N) is 1. The molecule has 142 valence electrons. The van der Waals surface area contributed by atoms with Gasteiger partial charge in [0.2, 0.25) is 0 Å². The molecule has 3 nitrogen and oxygen atoms in total. The van der Waals surface area contributed by atoms with E-state index in [4.69, 9.17) is 4.74 Å². The standard InChI is InChI=1S/C26H21NO2/c1-29-23-12-6-11-20(16-23)9-5-10-21-13-14-25-24(17-21)26(28)22(18-27-25)15-19-7-3-2-4-8-19/h2-4,6-8,11-14,16-18H,9,15H2,1H3,(H,27,28). The molecule has 0 atom stereocenters. The zero-order chi connectivity index (χ0) is 20.1. The molecule has 4 aromatic rings. The second-order valence-corrected chi connectivity index (χ2v) is 6.86. The molecule has 1 N–H and O–H groups in total. The minimum Gasteiger partial charge on any atom is -0.507 e. The third kappa shape index (κ3) is 4.39. The van der Waals surface area contributed by atoms with Crippen molar-refractivity contribution >= 4 is 10.9 Å². The number of hydrogen-bond acceptors (Lipinski definition) is 3. The molecule has 0 saturated heterocycles. The van der Waals surface area contributed by atoms with E-state index >= 15 is 0 Å². The number of fused-ring (bicyclic) bond motifs is 1. The molecule has 0 unspecified atom stereocenters. The lowest BCUT2D eigenvalue weighted by atomic mass is 10.0. The third-order valence-electron chi connectivity index (χ3n) is 4.81. The first-order valence-corrected chi connectivity index (χ1v) is 9.49. The van der Waals surface area contributed by atoms with E-state index in [9.17, 15) is 5.11 Å². The maximum atomic E-state index is 10.8.